The van der Waals surface area contributed by atoms with Crippen LogP contribution in [0.3, 0.4) is 0 Å². The predicted octanol–water partition coefficient (Wildman–Crippen LogP) is 1.30. The highest BCUT2D eigenvalue weighted by Crippen LogP contribution is 2.19. The molecule has 1 heterocycles. The molecular weight excluding hydrogens is 232 g/mol. The summed E-state index contributed by atoms with van der Waals surface area (Å²) >= 11 is 1.91. The van der Waals surface area contributed by atoms with E-state index in [0.29, 0.717) is 6.54 Å². The van der Waals surface area contributed by atoms with Crippen molar-refractivity contribution >= 4 is 17.7 Å². The van der Waals surface area contributed by atoms with E-state index in [2.05, 4.69) is 0 Å². The third-order valence-corrected chi connectivity index (χ3v) is 4.00. The third kappa shape index (κ3) is 3.01. The van der Waals surface area contributed by atoms with Gasteiger partial charge >= 0.3 is 0 Å². The van der Waals surface area contributed by atoms with E-state index < -0.39 is 0 Å². The SMILES string of the molecule is NCC(C(=O)N1CCSCC1)c1ccccc1. The lowest BCUT2D eigenvalue weighted by Gasteiger charge is -2.30. The number of carbonyl (C=O) groups is 1. The lowest BCUT2D eigenvalue weighted by atomic mass is 9.98. The Morgan fingerprint density at radius 1 is 1.29 bits per heavy atom. The lowest BCUT2D eigenvalue weighted by molar-refractivity contribution is -0.132. The fourth-order valence-corrected chi connectivity index (χ4v) is 2.97. The maximum atomic E-state index is 12.4. The third-order valence-electron chi connectivity index (χ3n) is 3.06. The van der Waals surface area contributed by atoms with Gasteiger partial charge in [-0.1, -0.05) is 30.3 Å². The average Bonchev–Trinajstić information content (AvgIpc) is 2.42. The van der Waals surface area contributed by atoms with E-state index >= 15 is 0 Å². The molecule has 0 radical (unpaired) electrons. The second-order valence-electron chi connectivity index (χ2n) is 4.14. The molecule has 1 fully saturated rings. The largest absolute Gasteiger partial charge is 0.340 e. The van der Waals surface area contributed by atoms with Gasteiger partial charge in [-0.2, -0.15) is 11.8 Å². The zero-order valence-electron chi connectivity index (χ0n) is 9.84. The second kappa shape index (κ2) is 6.07. The van der Waals surface area contributed by atoms with Crippen LogP contribution in [0.15, 0.2) is 30.3 Å². The molecule has 2 rings (SSSR count). The summed E-state index contributed by atoms with van der Waals surface area (Å²) in [6.07, 6.45) is 0. The van der Waals surface area contributed by atoms with Gasteiger partial charge in [-0.3, -0.25) is 4.79 Å². The van der Waals surface area contributed by atoms with Crippen LogP contribution in [0.1, 0.15) is 11.5 Å². The Hall–Kier alpha value is -1.00. The lowest BCUT2D eigenvalue weighted by Crippen LogP contribution is -2.42. The van der Waals surface area contributed by atoms with Gasteiger partial charge in [-0.25, -0.2) is 0 Å². The molecule has 2 N–H and O–H groups in total. The summed E-state index contributed by atoms with van der Waals surface area (Å²) in [5, 5.41) is 0. The molecule has 1 unspecified atom stereocenters. The molecule has 1 atom stereocenters. The van der Waals surface area contributed by atoms with Crippen molar-refractivity contribution in [3.8, 4) is 0 Å². The van der Waals surface area contributed by atoms with Crippen LogP contribution in [0.5, 0.6) is 0 Å². The van der Waals surface area contributed by atoms with Gasteiger partial charge in [0.1, 0.15) is 0 Å². The van der Waals surface area contributed by atoms with E-state index in [4.69, 9.17) is 5.73 Å². The average molecular weight is 250 g/mol. The molecule has 1 amide bonds. The molecule has 0 saturated carbocycles. The van der Waals surface area contributed by atoms with Crippen LogP contribution in [-0.4, -0.2) is 41.9 Å². The summed E-state index contributed by atoms with van der Waals surface area (Å²) in [7, 11) is 0. The van der Waals surface area contributed by atoms with Gasteiger partial charge in [-0.05, 0) is 5.56 Å². The van der Waals surface area contributed by atoms with Crippen LogP contribution in [0.25, 0.3) is 0 Å². The first-order chi connectivity index (χ1) is 8.33. The van der Waals surface area contributed by atoms with Gasteiger partial charge in [-0.15, -0.1) is 0 Å². The Morgan fingerprint density at radius 3 is 2.53 bits per heavy atom. The van der Waals surface area contributed by atoms with Crippen molar-refractivity contribution in [2.45, 2.75) is 5.92 Å². The second-order valence-corrected chi connectivity index (χ2v) is 5.36. The van der Waals surface area contributed by atoms with Crippen LogP contribution in [0.4, 0.5) is 0 Å². The molecule has 0 bridgehead atoms. The number of benzene rings is 1. The van der Waals surface area contributed by atoms with E-state index in [1.165, 1.54) is 0 Å². The topological polar surface area (TPSA) is 46.3 Å². The molecule has 3 nitrogen and oxygen atoms in total. The van der Waals surface area contributed by atoms with Crippen LogP contribution in [-0.2, 0) is 4.79 Å². The van der Waals surface area contributed by atoms with Crippen LogP contribution < -0.4 is 5.73 Å². The van der Waals surface area contributed by atoms with Crippen molar-refractivity contribution in [1.29, 1.82) is 0 Å². The molecule has 0 spiro atoms. The highest BCUT2D eigenvalue weighted by Gasteiger charge is 2.25. The number of rotatable bonds is 3. The molecular formula is C13H18N2OS. The molecule has 1 aromatic rings. The summed E-state index contributed by atoms with van der Waals surface area (Å²) in [5.74, 6) is 2.08. The van der Waals surface area contributed by atoms with Crippen molar-refractivity contribution in [2.75, 3.05) is 31.1 Å². The first-order valence-corrected chi connectivity index (χ1v) is 7.10. The molecule has 1 saturated heterocycles. The van der Waals surface area contributed by atoms with Crippen LogP contribution >= 0.6 is 11.8 Å². The first-order valence-electron chi connectivity index (χ1n) is 5.94. The normalized spacial score (nSPS) is 17.8. The zero-order valence-corrected chi connectivity index (χ0v) is 10.7. The molecule has 17 heavy (non-hydrogen) atoms. The number of nitrogens with zero attached hydrogens (tertiary/aromatic N) is 1. The first kappa shape index (κ1) is 12.5. The zero-order chi connectivity index (χ0) is 12.1. The monoisotopic (exact) mass is 250 g/mol. The Balaban J connectivity index is 2.10. The van der Waals surface area contributed by atoms with E-state index in [1.807, 2.05) is 47.0 Å². The summed E-state index contributed by atoms with van der Waals surface area (Å²) < 4.78 is 0. The summed E-state index contributed by atoms with van der Waals surface area (Å²) in [4.78, 5) is 14.3. The van der Waals surface area contributed by atoms with Gasteiger partial charge in [0.2, 0.25) is 5.91 Å². The van der Waals surface area contributed by atoms with Gasteiger partial charge in [0.25, 0.3) is 0 Å². The molecule has 92 valence electrons. The van der Waals surface area contributed by atoms with Gasteiger partial charge < -0.3 is 10.6 Å². The minimum absolute atomic E-state index is 0.180. The number of thioether (sulfide) groups is 1. The van der Waals surface area contributed by atoms with Crippen LogP contribution in [0.2, 0.25) is 0 Å². The molecule has 0 aromatic heterocycles. The van der Waals surface area contributed by atoms with Gasteiger partial charge in [0, 0.05) is 31.1 Å². The maximum Gasteiger partial charge on any atom is 0.231 e. The van der Waals surface area contributed by atoms with Crippen molar-refractivity contribution in [2.24, 2.45) is 5.73 Å². The number of amides is 1. The van der Waals surface area contributed by atoms with Gasteiger partial charge in [0.05, 0.1) is 5.92 Å². The highest BCUT2D eigenvalue weighted by molar-refractivity contribution is 7.99. The Labute approximate surface area is 106 Å². The van der Waals surface area contributed by atoms with Crippen LogP contribution in [0, 0.1) is 0 Å². The minimum Gasteiger partial charge on any atom is -0.340 e. The Bertz CT molecular complexity index is 363. The van der Waals surface area contributed by atoms with E-state index in [0.717, 1.165) is 30.2 Å². The number of hydrogen-bond acceptors (Lipinski definition) is 3. The van der Waals surface area contributed by atoms with Gasteiger partial charge in [0.15, 0.2) is 0 Å². The fourth-order valence-electron chi connectivity index (χ4n) is 2.07. The van der Waals surface area contributed by atoms with Crippen molar-refractivity contribution in [3.63, 3.8) is 0 Å². The van der Waals surface area contributed by atoms with Crippen molar-refractivity contribution in [1.82, 2.24) is 4.90 Å². The Morgan fingerprint density at radius 2 is 1.94 bits per heavy atom. The number of carbonyl (C=O) groups excluding carboxylic acids is 1. The van der Waals surface area contributed by atoms with E-state index in [9.17, 15) is 4.79 Å². The fraction of sp³-hybridized carbons (Fsp3) is 0.462. The molecule has 0 aliphatic carbocycles. The minimum atomic E-state index is -0.181. The molecule has 1 aliphatic rings. The summed E-state index contributed by atoms with van der Waals surface area (Å²) in [6, 6.07) is 9.83. The number of hydrogen-bond donors (Lipinski definition) is 1. The predicted molar refractivity (Wildman–Crippen MR) is 72.1 cm³/mol. The summed E-state index contributed by atoms with van der Waals surface area (Å²) in [6.45, 7) is 2.09. The smallest absolute Gasteiger partial charge is 0.231 e. The highest BCUT2D eigenvalue weighted by atomic mass is 32.2. The Kier molecular flexibility index (Phi) is 4.45. The quantitative estimate of drug-likeness (QED) is 0.879. The molecule has 1 aromatic carbocycles. The molecule has 1 aliphatic heterocycles. The van der Waals surface area contributed by atoms with E-state index in [-0.39, 0.29) is 11.8 Å². The molecule has 4 heteroatoms. The maximum absolute atomic E-state index is 12.4. The standard InChI is InChI=1S/C13H18N2OS/c14-10-12(11-4-2-1-3-5-11)13(16)15-6-8-17-9-7-15/h1-5,12H,6-10,14H2. The van der Waals surface area contributed by atoms with E-state index in [1.54, 1.807) is 0 Å². The summed E-state index contributed by atoms with van der Waals surface area (Å²) in [5.41, 5.74) is 6.79. The number of nitrogens with two attached hydrogens (primary N) is 1. The van der Waals surface area contributed by atoms with Crippen molar-refractivity contribution in [3.05, 3.63) is 35.9 Å². The van der Waals surface area contributed by atoms with Crippen molar-refractivity contribution < 1.29 is 4.79 Å².